The van der Waals surface area contributed by atoms with Crippen molar-refractivity contribution in [3.8, 4) is 0 Å². The first-order valence-electron chi connectivity index (χ1n) is 4.93. The second-order valence-electron chi connectivity index (χ2n) is 3.45. The van der Waals surface area contributed by atoms with Crippen LogP contribution in [0.2, 0.25) is 5.02 Å². The monoisotopic (exact) mass is 244 g/mol. The summed E-state index contributed by atoms with van der Waals surface area (Å²) >= 11 is 5.75. The molecule has 1 unspecified atom stereocenters. The van der Waals surface area contributed by atoms with Crippen LogP contribution in [0.5, 0.6) is 0 Å². The van der Waals surface area contributed by atoms with Gasteiger partial charge >= 0.3 is 0 Å². The number of carbonyl (C=O) groups is 1. The molecule has 0 fully saturated rings. The first kappa shape index (κ1) is 12.9. The van der Waals surface area contributed by atoms with Gasteiger partial charge in [-0.3, -0.25) is 4.79 Å². The van der Waals surface area contributed by atoms with Crippen LogP contribution in [0.15, 0.2) is 18.2 Å². The molecule has 0 heterocycles. The van der Waals surface area contributed by atoms with Gasteiger partial charge in [-0.15, -0.1) is 0 Å². The molecule has 0 saturated carbocycles. The molecule has 0 spiro atoms. The highest BCUT2D eigenvalue weighted by Gasteiger charge is 2.11. The average molecular weight is 245 g/mol. The molecule has 0 aliphatic heterocycles. The van der Waals surface area contributed by atoms with Gasteiger partial charge in [-0.2, -0.15) is 0 Å². The van der Waals surface area contributed by atoms with E-state index in [9.17, 15) is 9.18 Å². The van der Waals surface area contributed by atoms with Gasteiger partial charge in [0.05, 0.1) is 6.04 Å². The fraction of sp³-hybridized carbons (Fsp3) is 0.364. The van der Waals surface area contributed by atoms with Gasteiger partial charge in [0.2, 0.25) is 5.91 Å². The zero-order valence-electron chi connectivity index (χ0n) is 9.18. The van der Waals surface area contributed by atoms with E-state index < -0.39 is 0 Å². The van der Waals surface area contributed by atoms with E-state index in [1.165, 1.54) is 12.1 Å². The number of likely N-dealkylation sites (N-methyl/N-ethyl adjacent to an activating group) is 1. The van der Waals surface area contributed by atoms with E-state index in [4.69, 9.17) is 11.6 Å². The summed E-state index contributed by atoms with van der Waals surface area (Å²) in [7, 11) is 1.56. The molecule has 1 aromatic rings. The molecule has 1 atom stereocenters. The van der Waals surface area contributed by atoms with Crippen LogP contribution in [0.25, 0.3) is 0 Å². The van der Waals surface area contributed by atoms with Crippen molar-refractivity contribution in [3.05, 3.63) is 34.6 Å². The third-order valence-electron chi connectivity index (χ3n) is 2.25. The summed E-state index contributed by atoms with van der Waals surface area (Å²) in [6.45, 7) is 1.97. The van der Waals surface area contributed by atoms with Crippen molar-refractivity contribution in [1.29, 1.82) is 0 Å². The summed E-state index contributed by atoms with van der Waals surface area (Å²) in [5.74, 6) is -0.469. The van der Waals surface area contributed by atoms with Crippen LogP contribution >= 0.6 is 11.6 Å². The van der Waals surface area contributed by atoms with Crippen LogP contribution in [0, 0.1) is 5.82 Å². The Morgan fingerprint density at radius 1 is 1.56 bits per heavy atom. The summed E-state index contributed by atoms with van der Waals surface area (Å²) in [6, 6.07) is 3.97. The second-order valence-corrected chi connectivity index (χ2v) is 3.89. The van der Waals surface area contributed by atoms with E-state index in [0.29, 0.717) is 10.6 Å². The van der Waals surface area contributed by atoms with E-state index in [1.807, 2.05) is 0 Å². The molecule has 5 heteroatoms. The quantitative estimate of drug-likeness (QED) is 0.847. The molecule has 0 aromatic heterocycles. The van der Waals surface area contributed by atoms with Gasteiger partial charge in [-0.05, 0) is 25.1 Å². The van der Waals surface area contributed by atoms with Gasteiger partial charge in [-0.25, -0.2) is 4.39 Å². The number of benzene rings is 1. The number of carbonyl (C=O) groups excluding carboxylic acids is 1. The highest BCUT2D eigenvalue weighted by Crippen LogP contribution is 2.14. The van der Waals surface area contributed by atoms with Gasteiger partial charge in [0, 0.05) is 24.2 Å². The number of nitrogens with one attached hydrogen (secondary N) is 2. The highest BCUT2D eigenvalue weighted by molar-refractivity contribution is 6.30. The number of hydrogen-bond donors (Lipinski definition) is 2. The average Bonchev–Trinajstić information content (AvgIpc) is 2.28. The van der Waals surface area contributed by atoms with Gasteiger partial charge in [0.25, 0.3) is 0 Å². The van der Waals surface area contributed by atoms with Crippen molar-refractivity contribution in [2.24, 2.45) is 0 Å². The summed E-state index contributed by atoms with van der Waals surface area (Å²) in [4.78, 5) is 11.2. The van der Waals surface area contributed by atoms with Crippen LogP contribution in [0.3, 0.4) is 0 Å². The van der Waals surface area contributed by atoms with Crippen LogP contribution in [0.1, 0.15) is 12.5 Å². The van der Waals surface area contributed by atoms with Crippen molar-refractivity contribution in [1.82, 2.24) is 10.6 Å². The molecule has 0 aliphatic carbocycles. The van der Waals surface area contributed by atoms with Gasteiger partial charge < -0.3 is 10.6 Å². The molecule has 1 amide bonds. The second kappa shape index (κ2) is 5.82. The van der Waals surface area contributed by atoms with Crippen LogP contribution in [-0.4, -0.2) is 19.0 Å². The Balaban J connectivity index is 2.60. The third-order valence-corrected chi connectivity index (χ3v) is 2.48. The van der Waals surface area contributed by atoms with Gasteiger partial charge in [0.15, 0.2) is 0 Å². The van der Waals surface area contributed by atoms with Crippen molar-refractivity contribution >= 4 is 17.5 Å². The molecule has 88 valence electrons. The molecule has 0 radical (unpaired) electrons. The number of hydrogen-bond acceptors (Lipinski definition) is 2. The molecule has 1 aromatic carbocycles. The predicted molar refractivity (Wildman–Crippen MR) is 61.8 cm³/mol. The molecule has 0 saturated heterocycles. The van der Waals surface area contributed by atoms with E-state index in [2.05, 4.69) is 10.6 Å². The van der Waals surface area contributed by atoms with Crippen LogP contribution < -0.4 is 10.6 Å². The maximum absolute atomic E-state index is 13.3. The third kappa shape index (κ3) is 3.47. The number of halogens is 2. The normalized spacial score (nSPS) is 12.2. The first-order chi connectivity index (χ1) is 7.54. The molecule has 16 heavy (non-hydrogen) atoms. The topological polar surface area (TPSA) is 41.1 Å². The lowest BCUT2D eigenvalue weighted by atomic mass is 10.2. The largest absolute Gasteiger partial charge is 0.358 e. The summed E-state index contributed by atoms with van der Waals surface area (Å²) < 4.78 is 13.3. The minimum absolute atomic E-state index is 0.137. The molecule has 0 bridgehead atoms. The summed E-state index contributed by atoms with van der Waals surface area (Å²) in [6.07, 6.45) is 0. The molecule has 2 N–H and O–H groups in total. The Bertz CT molecular complexity index is 384. The van der Waals surface area contributed by atoms with Crippen LogP contribution in [-0.2, 0) is 11.3 Å². The lowest BCUT2D eigenvalue weighted by molar-refractivity contribution is -0.122. The first-order valence-corrected chi connectivity index (χ1v) is 5.31. The van der Waals surface area contributed by atoms with E-state index in [0.717, 1.165) is 0 Å². The Hall–Kier alpha value is -1.13. The van der Waals surface area contributed by atoms with E-state index in [1.54, 1.807) is 20.0 Å². The fourth-order valence-corrected chi connectivity index (χ4v) is 1.45. The van der Waals surface area contributed by atoms with E-state index in [-0.39, 0.29) is 24.3 Å². The Morgan fingerprint density at radius 3 is 2.88 bits per heavy atom. The SMILES string of the molecule is CNC(=O)C(C)NCc1cc(Cl)ccc1F. The number of rotatable bonds is 4. The molecular weight excluding hydrogens is 231 g/mol. The van der Waals surface area contributed by atoms with Gasteiger partial charge in [-0.1, -0.05) is 11.6 Å². The molecule has 3 nitrogen and oxygen atoms in total. The molecule has 0 aliphatic rings. The van der Waals surface area contributed by atoms with Crippen LogP contribution in [0.4, 0.5) is 4.39 Å². The molecular formula is C11H14ClFN2O. The summed E-state index contributed by atoms with van der Waals surface area (Å²) in [5.41, 5.74) is 0.447. The van der Waals surface area contributed by atoms with Crippen molar-refractivity contribution in [2.75, 3.05) is 7.05 Å². The Kier molecular flexibility index (Phi) is 4.71. The van der Waals surface area contributed by atoms with Crippen molar-refractivity contribution in [3.63, 3.8) is 0 Å². The lowest BCUT2D eigenvalue weighted by Crippen LogP contribution is -2.40. The van der Waals surface area contributed by atoms with E-state index >= 15 is 0 Å². The predicted octanol–water partition coefficient (Wildman–Crippen LogP) is 1.70. The highest BCUT2D eigenvalue weighted by atomic mass is 35.5. The maximum atomic E-state index is 13.3. The maximum Gasteiger partial charge on any atom is 0.236 e. The lowest BCUT2D eigenvalue weighted by Gasteiger charge is -2.12. The zero-order chi connectivity index (χ0) is 12.1. The fourth-order valence-electron chi connectivity index (χ4n) is 1.25. The standard InChI is InChI=1S/C11H14ClFN2O/c1-7(11(16)14-2)15-6-8-5-9(12)3-4-10(8)13/h3-5,7,15H,6H2,1-2H3,(H,14,16). The van der Waals surface area contributed by atoms with Crippen molar-refractivity contribution < 1.29 is 9.18 Å². The smallest absolute Gasteiger partial charge is 0.236 e. The molecule has 1 rings (SSSR count). The zero-order valence-corrected chi connectivity index (χ0v) is 9.94. The minimum atomic E-state index is -0.372. The summed E-state index contributed by atoms with van der Waals surface area (Å²) in [5, 5.41) is 5.89. The Labute approximate surface area is 99.0 Å². The Morgan fingerprint density at radius 2 is 2.25 bits per heavy atom. The van der Waals surface area contributed by atoms with Gasteiger partial charge in [0.1, 0.15) is 5.82 Å². The van der Waals surface area contributed by atoms with Crippen molar-refractivity contribution in [2.45, 2.75) is 19.5 Å². The number of amides is 1. The minimum Gasteiger partial charge on any atom is -0.358 e.